The molecule has 0 radical (unpaired) electrons. The third kappa shape index (κ3) is 5.05. The Kier molecular flexibility index (Phi) is 5.96. The summed E-state index contributed by atoms with van der Waals surface area (Å²) in [6.07, 6.45) is 5.10. The molecule has 134 valence electrons. The van der Waals surface area contributed by atoms with Gasteiger partial charge in [0.05, 0.1) is 5.60 Å². The van der Waals surface area contributed by atoms with Crippen LogP contribution in [0.5, 0.6) is 0 Å². The van der Waals surface area contributed by atoms with E-state index in [-0.39, 0.29) is 5.60 Å². The molecule has 0 saturated carbocycles. The van der Waals surface area contributed by atoms with Gasteiger partial charge in [-0.3, -0.25) is 4.90 Å². The third-order valence-corrected chi connectivity index (χ3v) is 5.52. The zero-order chi connectivity index (χ0) is 17.0. The van der Waals surface area contributed by atoms with Crippen molar-refractivity contribution in [1.82, 2.24) is 9.80 Å². The molecule has 0 aliphatic carbocycles. The molecular formula is C21H34N2O. The van der Waals surface area contributed by atoms with E-state index in [9.17, 15) is 0 Å². The van der Waals surface area contributed by atoms with E-state index in [0.717, 1.165) is 25.6 Å². The van der Waals surface area contributed by atoms with Crippen LogP contribution >= 0.6 is 0 Å². The van der Waals surface area contributed by atoms with Crippen LogP contribution in [0.4, 0.5) is 0 Å². The van der Waals surface area contributed by atoms with Gasteiger partial charge in [-0.25, -0.2) is 0 Å². The van der Waals surface area contributed by atoms with Crippen LogP contribution in [-0.4, -0.2) is 48.7 Å². The van der Waals surface area contributed by atoms with Crippen LogP contribution in [0.2, 0.25) is 0 Å². The molecule has 1 aromatic rings. The topological polar surface area (TPSA) is 15.7 Å². The van der Waals surface area contributed by atoms with Crippen molar-refractivity contribution in [3.8, 4) is 0 Å². The van der Waals surface area contributed by atoms with Gasteiger partial charge in [0.25, 0.3) is 0 Å². The lowest BCUT2D eigenvalue weighted by atomic mass is 9.88. The smallest absolute Gasteiger partial charge is 0.0629 e. The van der Waals surface area contributed by atoms with Crippen LogP contribution in [0.1, 0.15) is 50.7 Å². The normalized spacial score (nSPS) is 24.6. The summed E-state index contributed by atoms with van der Waals surface area (Å²) in [6.45, 7) is 11.2. The van der Waals surface area contributed by atoms with E-state index in [2.05, 4.69) is 55.0 Å². The number of ether oxygens (including phenoxy) is 1. The van der Waals surface area contributed by atoms with Crippen LogP contribution in [0.3, 0.4) is 0 Å². The molecule has 1 atom stereocenters. The van der Waals surface area contributed by atoms with Crippen molar-refractivity contribution >= 4 is 0 Å². The fourth-order valence-corrected chi connectivity index (χ4v) is 4.36. The van der Waals surface area contributed by atoms with Crippen molar-refractivity contribution in [3.05, 3.63) is 35.4 Å². The van der Waals surface area contributed by atoms with Gasteiger partial charge in [0, 0.05) is 26.2 Å². The highest BCUT2D eigenvalue weighted by atomic mass is 16.5. The Morgan fingerprint density at radius 3 is 2.58 bits per heavy atom. The number of likely N-dealkylation sites (tertiary alicyclic amines) is 1. The monoisotopic (exact) mass is 330 g/mol. The van der Waals surface area contributed by atoms with Gasteiger partial charge in [-0.1, -0.05) is 24.3 Å². The minimum Gasteiger partial charge on any atom is -0.376 e. The Morgan fingerprint density at radius 1 is 1.17 bits per heavy atom. The maximum absolute atomic E-state index is 5.86. The number of benzene rings is 1. The Labute approximate surface area is 148 Å². The fraction of sp³-hybridized carbons (Fsp3) is 0.714. The molecule has 2 aliphatic rings. The average Bonchev–Trinajstić information content (AvgIpc) is 3.01. The first kappa shape index (κ1) is 17.9. The van der Waals surface area contributed by atoms with E-state index in [4.69, 9.17) is 4.74 Å². The van der Waals surface area contributed by atoms with E-state index in [1.165, 1.54) is 56.4 Å². The second-order valence-electron chi connectivity index (χ2n) is 8.42. The summed E-state index contributed by atoms with van der Waals surface area (Å²) in [6, 6.07) is 9.01. The highest BCUT2D eigenvalue weighted by Crippen LogP contribution is 2.29. The SMILES string of the molecule is CN(Cc1ccccc1CN1CCCC1)C[C@H]1CCOC(C)(C)C1. The summed E-state index contributed by atoms with van der Waals surface area (Å²) < 4.78 is 5.86. The molecule has 0 unspecified atom stereocenters. The minimum absolute atomic E-state index is 0.0530. The van der Waals surface area contributed by atoms with E-state index in [1.807, 2.05) is 0 Å². The van der Waals surface area contributed by atoms with Crippen molar-refractivity contribution in [2.75, 3.05) is 33.3 Å². The maximum Gasteiger partial charge on any atom is 0.0629 e. The Morgan fingerprint density at radius 2 is 1.88 bits per heavy atom. The van der Waals surface area contributed by atoms with Crippen LogP contribution < -0.4 is 0 Å². The van der Waals surface area contributed by atoms with Gasteiger partial charge in [0.2, 0.25) is 0 Å². The average molecular weight is 331 g/mol. The van der Waals surface area contributed by atoms with Gasteiger partial charge in [0.1, 0.15) is 0 Å². The summed E-state index contributed by atoms with van der Waals surface area (Å²) in [7, 11) is 2.27. The molecule has 0 aromatic heterocycles. The highest BCUT2D eigenvalue weighted by Gasteiger charge is 2.29. The summed E-state index contributed by atoms with van der Waals surface area (Å²) in [5.41, 5.74) is 3.06. The first-order valence-corrected chi connectivity index (χ1v) is 9.63. The zero-order valence-corrected chi connectivity index (χ0v) is 15.8. The minimum atomic E-state index is 0.0530. The second kappa shape index (κ2) is 7.99. The second-order valence-corrected chi connectivity index (χ2v) is 8.42. The first-order valence-electron chi connectivity index (χ1n) is 9.63. The molecule has 3 nitrogen and oxygen atoms in total. The summed E-state index contributed by atoms with van der Waals surface area (Å²) in [5.74, 6) is 0.754. The Balaban J connectivity index is 1.56. The molecule has 24 heavy (non-hydrogen) atoms. The van der Waals surface area contributed by atoms with E-state index < -0.39 is 0 Å². The summed E-state index contributed by atoms with van der Waals surface area (Å²) >= 11 is 0. The van der Waals surface area contributed by atoms with Gasteiger partial charge < -0.3 is 9.64 Å². The van der Waals surface area contributed by atoms with Crippen molar-refractivity contribution in [1.29, 1.82) is 0 Å². The van der Waals surface area contributed by atoms with Crippen LogP contribution in [0.25, 0.3) is 0 Å². The highest BCUT2D eigenvalue weighted by molar-refractivity contribution is 5.27. The molecule has 2 fully saturated rings. The Hall–Kier alpha value is -0.900. The molecule has 0 amide bonds. The molecule has 2 heterocycles. The molecule has 0 bridgehead atoms. The van der Waals surface area contributed by atoms with E-state index in [0.29, 0.717) is 0 Å². The van der Waals surface area contributed by atoms with Gasteiger partial charge in [-0.05, 0) is 76.7 Å². The van der Waals surface area contributed by atoms with E-state index >= 15 is 0 Å². The predicted molar refractivity (Wildman–Crippen MR) is 100 cm³/mol. The summed E-state index contributed by atoms with van der Waals surface area (Å²) in [5, 5.41) is 0. The molecule has 3 rings (SSSR count). The molecule has 1 aromatic carbocycles. The van der Waals surface area contributed by atoms with Crippen LogP contribution in [-0.2, 0) is 17.8 Å². The lowest BCUT2D eigenvalue weighted by Crippen LogP contribution is -2.38. The number of hydrogen-bond acceptors (Lipinski definition) is 3. The van der Waals surface area contributed by atoms with Crippen molar-refractivity contribution in [2.24, 2.45) is 5.92 Å². The van der Waals surface area contributed by atoms with Gasteiger partial charge in [-0.15, -0.1) is 0 Å². The zero-order valence-electron chi connectivity index (χ0n) is 15.8. The third-order valence-electron chi connectivity index (χ3n) is 5.52. The van der Waals surface area contributed by atoms with Gasteiger partial charge in [-0.2, -0.15) is 0 Å². The Bertz CT molecular complexity index is 522. The van der Waals surface area contributed by atoms with E-state index in [1.54, 1.807) is 0 Å². The molecule has 2 saturated heterocycles. The number of nitrogens with zero attached hydrogens (tertiary/aromatic N) is 2. The largest absolute Gasteiger partial charge is 0.376 e. The van der Waals surface area contributed by atoms with Gasteiger partial charge >= 0.3 is 0 Å². The number of rotatable bonds is 6. The molecule has 0 N–H and O–H groups in total. The lowest BCUT2D eigenvalue weighted by Gasteiger charge is -2.37. The van der Waals surface area contributed by atoms with Crippen molar-refractivity contribution in [2.45, 2.75) is 58.2 Å². The number of hydrogen-bond donors (Lipinski definition) is 0. The summed E-state index contributed by atoms with van der Waals surface area (Å²) in [4.78, 5) is 5.11. The first-order chi connectivity index (χ1) is 11.5. The van der Waals surface area contributed by atoms with Crippen molar-refractivity contribution in [3.63, 3.8) is 0 Å². The van der Waals surface area contributed by atoms with Crippen LogP contribution in [0, 0.1) is 5.92 Å². The maximum atomic E-state index is 5.86. The molecule has 0 spiro atoms. The lowest BCUT2D eigenvalue weighted by molar-refractivity contribution is -0.0761. The fourth-order valence-electron chi connectivity index (χ4n) is 4.36. The standard InChI is InChI=1S/C21H34N2O/c1-21(2)14-18(10-13-24-21)15-22(3)16-19-8-4-5-9-20(19)17-23-11-6-7-12-23/h4-5,8-9,18H,6-7,10-17H2,1-3H3/t18-/m0/s1. The molecule has 2 aliphatic heterocycles. The molecular weight excluding hydrogens is 296 g/mol. The quantitative estimate of drug-likeness (QED) is 0.786. The van der Waals surface area contributed by atoms with Crippen LogP contribution in [0.15, 0.2) is 24.3 Å². The molecule has 3 heteroatoms. The predicted octanol–water partition coefficient (Wildman–Crippen LogP) is 3.92. The van der Waals surface area contributed by atoms with Gasteiger partial charge in [0.15, 0.2) is 0 Å². The van der Waals surface area contributed by atoms with Crippen molar-refractivity contribution < 1.29 is 4.74 Å².